The van der Waals surface area contributed by atoms with Crippen LogP contribution in [0.2, 0.25) is 0 Å². The number of anilines is 1. The van der Waals surface area contributed by atoms with Crippen LogP contribution in [0.5, 0.6) is 5.75 Å². The second kappa shape index (κ2) is 6.06. The average Bonchev–Trinajstić information content (AvgIpc) is 2.41. The Morgan fingerprint density at radius 3 is 2.74 bits per heavy atom. The molecular weight excluding hydrogens is 309 g/mol. The molecule has 0 bridgehead atoms. The number of rotatable bonds is 4. The fraction of sp³-hybridized carbons (Fsp3) is 0.200. The van der Waals surface area contributed by atoms with E-state index in [0.29, 0.717) is 12.1 Å². The summed E-state index contributed by atoms with van der Waals surface area (Å²) in [6, 6.07) is 11.1. The summed E-state index contributed by atoms with van der Waals surface area (Å²) in [5.41, 5.74) is 2.68. The normalized spacial score (nSPS) is 10.3. The highest BCUT2D eigenvalue weighted by Crippen LogP contribution is 2.23. The van der Waals surface area contributed by atoms with Gasteiger partial charge in [-0.05, 0) is 36.8 Å². The van der Waals surface area contributed by atoms with Gasteiger partial charge in [-0.25, -0.2) is 4.39 Å². The zero-order chi connectivity index (χ0) is 13.8. The maximum absolute atomic E-state index is 13.9. The van der Waals surface area contributed by atoms with Crippen molar-refractivity contribution >= 4 is 21.6 Å². The van der Waals surface area contributed by atoms with E-state index in [0.717, 1.165) is 15.7 Å². The molecule has 0 aliphatic rings. The van der Waals surface area contributed by atoms with E-state index in [1.807, 2.05) is 25.1 Å². The Balaban J connectivity index is 2.12. The maximum Gasteiger partial charge on any atom is 0.170 e. The molecular formula is C15H15BrFNO. The molecule has 0 heterocycles. The first-order valence-corrected chi connectivity index (χ1v) is 6.72. The molecule has 2 aromatic carbocycles. The first-order chi connectivity index (χ1) is 9.11. The Bertz CT molecular complexity index is 586. The van der Waals surface area contributed by atoms with Gasteiger partial charge in [-0.1, -0.05) is 28.1 Å². The predicted molar refractivity (Wildman–Crippen MR) is 79.2 cm³/mol. The van der Waals surface area contributed by atoms with E-state index in [1.54, 1.807) is 18.2 Å². The van der Waals surface area contributed by atoms with Crippen molar-refractivity contribution in [3.63, 3.8) is 0 Å². The molecule has 1 N–H and O–H groups in total. The molecule has 2 aromatic rings. The molecule has 100 valence electrons. The number of ether oxygens (including phenoxy) is 1. The fourth-order valence-electron chi connectivity index (χ4n) is 1.80. The van der Waals surface area contributed by atoms with E-state index >= 15 is 0 Å². The number of nitrogens with one attached hydrogen (secondary N) is 1. The summed E-state index contributed by atoms with van der Waals surface area (Å²) in [5.74, 6) is -0.0439. The zero-order valence-electron chi connectivity index (χ0n) is 10.8. The third kappa shape index (κ3) is 3.26. The minimum absolute atomic E-state index is 0.270. The van der Waals surface area contributed by atoms with Crippen molar-refractivity contribution in [1.29, 1.82) is 0 Å². The van der Waals surface area contributed by atoms with Gasteiger partial charge >= 0.3 is 0 Å². The SMILES string of the molecule is COc1cccc(CNc2ccc(Br)c(C)c2)c1F. The molecule has 0 atom stereocenters. The molecule has 0 aromatic heterocycles. The van der Waals surface area contributed by atoms with E-state index in [9.17, 15) is 4.39 Å². The van der Waals surface area contributed by atoms with Gasteiger partial charge in [0.05, 0.1) is 7.11 Å². The highest BCUT2D eigenvalue weighted by atomic mass is 79.9. The van der Waals surface area contributed by atoms with Gasteiger partial charge in [0.1, 0.15) is 0 Å². The predicted octanol–water partition coefficient (Wildman–Crippen LogP) is 4.52. The number of halogens is 2. The quantitative estimate of drug-likeness (QED) is 0.893. The van der Waals surface area contributed by atoms with Crippen molar-refractivity contribution in [1.82, 2.24) is 0 Å². The minimum atomic E-state index is -0.314. The van der Waals surface area contributed by atoms with Crippen LogP contribution in [0.3, 0.4) is 0 Å². The lowest BCUT2D eigenvalue weighted by molar-refractivity contribution is 0.384. The molecule has 0 fully saturated rings. The van der Waals surface area contributed by atoms with Crippen LogP contribution in [0.4, 0.5) is 10.1 Å². The summed E-state index contributed by atoms with van der Waals surface area (Å²) in [4.78, 5) is 0. The molecule has 19 heavy (non-hydrogen) atoms. The largest absolute Gasteiger partial charge is 0.494 e. The molecule has 0 saturated heterocycles. The molecule has 0 spiro atoms. The Labute approximate surface area is 120 Å². The molecule has 4 heteroatoms. The van der Waals surface area contributed by atoms with Gasteiger partial charge in [0.2, 0.25) is 0 Å². The molecule has 0 saturated carbocycles. The molecule has 2 nitrogen and oxygen atoms in total. The minimum Gasteiger partial charge on any atom is -0.494 e. The first kappa shape index (κ1) is 13.9. The van der Waals surface area contributed by atoms with Crippen LogP contribution in [-0.4, -0.2) is 7.11 Å². The molecule has 0 aliphatic carbocycles. The first-order valence-electron chi connectivity index (χ1n) is 5.93. The van der Waals surface area contributed by atoms with Crippen molar-refractivity contribution in [3.05, 3.63) is 57.8 Å². The van der Waals surface area contributed by atoms with Crippen molar-refractivity contribution in [2.45, 2.75) is 13.5 Å². The van der Waals surface area contributed by atoms with Crippen LogP contribution in [0.1, 0.15) is 11.1 Å². The third-order valence-corrected chi connectivity index (χ3v) is 3.79. The number of hydrogen-bond acceptors (Lipinski definition) is 2. The number of methoxy groups -OCH3 is 1. The molecule has 0 unspecified atom stereocenters. The topological polar surface area (TPSA) is 21.3 Å². The van der Waals surface area contributed by atoms with Gasteiger partial charge in [-0.2, -0.15) is 0 Å². The van der Waals surface area contributed by atoms with Gasteiger partial charge in [0, 0.05) is 22.3 Å². The summed E-state index contributed by atoms with van der Waals surface area (Å²) in [6.45, 7) is 2.44. The van der Waals surface area contributed by atoms with E-state index < -0.39 is 0 Å². The van der Waals surface area contributed by atoms with Crippen LogP contribution in [-0.2, 0) is 6.54 Å². The van der Waals surface area contributed by atoms with Crippen molar-refractivity contribution in [2.24, 2.45) is 0 Å². The molecule has 2 rings (SSSR count). The maximum atomic E-state index is 13.9. The second-order valence-corrected chi connectivity index (χ2v) is 5.11. The fourth-order valence-corrected chi connectivity index (χ4v) is 2.05. The van der Waals surface area contributed by atoms with Gasteiger partial charge in [-0.15, -0.1) is 0 Å². The molecule has 0 amide bonds. The standard InChI is InChI=1S/C15H15BrFNO/c1-10-8-12(6-7-13(10)16)18-9-11-4-3-5-14(19-2)15(11)17/h3-8,18H,9H2,1-2H3. The lowest BCUT2D eigenvalue weighted by atomic mass is 10.1. The number of benzene rings is 2. The highest BCUT2D eigenvalue weighted by molar-refractivity contribution is 9.10. The Morgan fingerprint density at radius 2 is 2.05 bits per heavy atom. The Kier molecular flexibility index (Phi) is 4.43. The number of aryl methyl sites for hydroxylation is 1. The van der Waals surface area contributed by atoms with Crippen LogP contribution in [0.25, 0.3) is 0 Å². The monoisotopic (exact) mass is 323 g/mol. The van der Waals surface area contributed by atoms with Gasteiger partial charge in [0.25, 0.3) is 0 Å². The smallest absolute Gasteiger partial charge is 0.170 e. The van der Waals surface area contributed by atoms with E-state index in [-0.39, 0.29) is 11.6 Å². The van der Waals surface area contributed by atoms with Crippen LogP contribution < -0.4 is 10.1 Å². The highest BCUT2D eigenvalue weighted by Gasteiger charge is 2.07. The molecule has 0 radical (unpaired) electrons. The summed E-state index contributed by atoms with van der Waals surface area (Å²) in [6.07, 6.45) is 0. The Hall–Kier alpha value is -1.55. The van der Waals surface area contributed by atoms with Crippen LogP contribution in [0.15, 0.2) is 40.9 Å². The summed E-state index contributed by atoms with van der Waals surface area (Å²) >= 11 is 3.45. The van der Waals surface area contributed by atoms with Gasteiger partial charge in [0.15, 0.2) is 11.6 Å². The van der Waals surface area contributed by atoms with Gasteiger partial charge in [-0.3, -0.25) is 0 Å². The van der Waals surface area contributed by atoms with Crippen LogP contribution >= 0.6 is 15.9 Å². The third-order valence-electron chi connectivity index (χ3n) is 2.90. The Morgan fingerprint density at radius 1 is 1.26 bits per heavy atom. The van der Waals surface area contributed by atoms with Crippen LogP contribution in [0, 0.1) is 12.7 Å². The summed E-state index contributed by atoms with van der Waals surface area (Å²) in [7, 11) is 1.47. The van der Waals surface area contributed by atoms with Crippen molar-refractivity contribution in [3.8, 4) is 5.75 Å². The van der Waals surface area contributed by atoms with Crippen molar-refractivity contribution < 1.29 is 9.13 Å². The second-order valence-electron chi connectivity index (χ2n) is 4.25. The van der Waals surface area contributed by atoms with Gasteiger partial charge < -0.3 is 10.1 Å². The van der Waals surface area contributed by atoms with E-state index in [2.05, 4.69) is 21.2 Å². The summed E-state index contributed by atoms with van der Waals surface area (Å²) < 4.78 is 20.0. The average molecular weight is 324 g/mol. The lowest BCUT2D eigenvalue weighted by Gasteiger charge is -2.10. The number of hydrogen-bond donors (Lipinski definition) is 1. The zero-order valence-corrected chi connectivity index (χ0v) is 12.4. The summed E-state index contributed by atoms with van der Waals surface area (Å²) in [5, 5.41) is 3.20. The van der Waals surface area contributed by atoms with Crippen molar-refractivity contribution in [2.75, 3.05) is 12.4 Å². The van der Waals surface area contributed by atoms with E-state index in [1.165, 1.54) is 7.11 Å². The lowest BCUT2D eigenvalue weighted by Crippen LogP contribution is -2.03. The molecule has 0 aliphatic heterocycles. The van der Waals surface area contributed by atoms with E-state index in [4.69, 9.17) is 4.74 Å².